The molecule has 2 aromatic heterocycles. The number of nitrogens with zero attached hydrogens (tertiary/aromatic N) is 2. The number of anilines is 1. The first-order valence-corrected chi connectivity index (χ1v) is 9.48. The molecule has 0 aliphatic carbocycles. The summed E-state index contributed by atoms with van der Waals surface area (Å²) in [4.78, 5) is 48.2. The minimum atomic E-state index is -0.687. The van der Waals surface area contributed by atoms with Crippen LogP contribution in [0.15, 0.2) is 33.6 Å². The molecule has 1 aliphatic rings. The van der Waals surface area contributed by atoms with Crippen LogP contribution < -0.4 is 21.3 Å². The maximum absolute atomic E-state index is 12.6. The molecule has 3 aromatic rings. The number of aryl methyl sites for hydroxylation is 1. The van der Waals surface area contributed by atoms with E-state index in [9.17, 15) is 19.2 Å². The fourth-order valence-corrected chi connectivity index (χ4v) is 3.49. The Morgan fingerprint density at radius 3 is 2.69 bits per heavy atom. The number of hydrogen-bond donors (Lipinski definition) is 2. The number of carbonyl (C=O) groups excluding carboxylic acids is 3. The van der Waals surface area contributed by atoms with E-state index in [1.165, 1.54) is 25.3 Å². The molecule has 0 fully saturated rings. The first-order valence-electron chi connectivity index (χ1n) is 9.10. The summed E-state index contributed by atoms with van der Waals surface area (Å²) in [5, 5.41) is 5.89. The van der Waals surface area contributed by atoms with Crippen molar-refractivity contribution in [1.29, 1.82) is 0 Å². The molecule has 3 heterocycles. The number of halogens is 1. The highest BCUT2D eigenvalue weighted by atomic mass is 35.5. The first kappa shape index (κ1) is 21.1. The van der Waals surface area contributed by atoms with Gasteiger partial charge < -0.3 is 19.7 Å². The lowest BCUT2D eigenvalue weighted by molar-refractivity contribution is 0.0586. The lowest BCUT2D eigenvalue weighted by Crippen LogP contribution is -2.24. The van der Waals surface area contributed by atoms with Crippen molar-refractivity contribution < 1.29 is 28.4 Å². The molecule has 0 atom stereocenters. The van der Waals surface area contributed by atoms with Gasteiger partial charge in [-0.1, -0.05) is 16.8 Å². The quantitative estimate of drug-likeness (QED) is 0.428. The third kappa shape index (κ3) is 3.38. The largest absolute Gasteiger partial charge is 0.487 e. The molecule has 0 saturated carbocycles. The highest BCUT2D eigenvalue weighted by Crippen LogP contribution is 2.30. The predicted molar refractivity (Wildman–Crippen MR) is 110 cm³/mol. The van der Waals surface area contributed by atoms with Gasteiger partial charge in [0.25, 0.3) is 17.4 Å². The van der Waals surface area contributed by atoms with E-state index >= 15 is 0 Å². The maximum atomic E-state index is 12.6. The Morgan fingerprint density at radius 2 is 2.00 bits per heavy atom. The first-order chi connectivity index (χ1) is 15.2. The molecule has 32 heavy (non-hydrogen) atoms. The number of imide groups is 1. The SMILES string of the molecule is COC(=O)c1noc(C)c1COc1ccc(-n2c(N)c3c(cc2=O)C(=O)NC3=O)cc1Cl. The number of ether oxygens (including phenoxy) is 2. The number of nitrogens with one attached hydrogen (secondary N) is 1. The zero-order valence-corrected chi connectivity index (χ0v) is 17.5. The summed E-state index contributed by atoms with van der Waals surface area (Å²) in [6, 6.07) is 5.44. The molecular weight excluding hydrogens is 444 g/mol. The Hall–Kier alpha value is -4.12. The lowest BCUT2D eigenvalue weighted by atomic mass is 10.1. The molecule has 11 nitrogen and oxygen atoms in total. The number of nitrogens with two attached hydrogens (primary N) is 1. The van der Waals surface area contributed by atoms with Crippen molar-refractivity contribution in [3.05, 3.63) is 67.8 Å². The van der Waals surface area contributed by atoms with Crippen molar-refractivity contribution in [2.75, 3.05) is 12.8 Å². The standard InChI is InChI=1S/C20H15ClN4O7/c1-8-11(16(24-32-8)20(29)30-2)7-31-13-4-3-9(5-12(13)21)25-14(26)6-10-15(17(25)22)19(28)23-18(10)27/h3-6H,7,22H2,1-2H3,(H,23,27,28). The number of fused-ring (bicyclic) bond motifs is 1. The molecule has 164 valence electrons. The van der Waals surface area contributed by atoms with Gasteiger partial charge in [0.15, 0.2) is 5.69 Å². The number of methoxy groups -OCH3 is 1. The van der Waals surface area contributed by atoms with Crippen LogP contribution in [0.1, 0.15) is 42.5 Å². The van der Waals surface area contributed by atoms with E-state index < -0.39 is 23.3 Å². The molecule has 12 heteroatoms. The topological polar surface area (TPSA) is 156 Å². The second kappa shape index (κ2) is 7.85. The molecule has 0 unspecified atom stereocenters. The molecule has 1 aromatic carbocycles. The van der Waals surface area contributed by atoms with Gasteiger partial charge in [-0.05, 0) is 25.1 Å². The molecule has 0 bridgehead atoms. The van der Waals surface area contributed by atoms with Crippen molar-refractivity contribution in [1.82, 2.24) is 15.0 Å². The van der Waals surface area contributed by atoms with Crippen LogP contribution >= 0.6 is 11.6 Å². The normalized spacial score (nSPS) is 12.5. The average molecular weight is 459 g/mol. The van der Waals surface area contributed by atoms with Crippen LogP contribution in [0.25, 0.3) is 5.69 Å². The van der Waals surface area contributed by atoms with Crippen molar-refractivity contribution in [2.45, 2.75) is 13.5 Å². The number of benzene rings is 1. The minimum Gasteiger partial charge on any atom is -0.487 e. The molecule has 0 saturated heterocycles. The van der Waals surface area contributed by atoms with Gasteiger partial charge in [0.2, 0.25) is 0 Å². The molecular formula is C20H15ClN4O7. The third-order valence-electron chi connectivity index (χ3n) is 4.86. The van der Waals surface area contributed by atoms with Gasteiger partial charge in [0.05, 0.1) is 34.5 Å². The Morgan fingerprint density at radius 1 is 1.25 bits per heavy atom. The van der Waals surface area contributed by atoms with E-state index in [4.69, 9.17) is 26.6 Å². The monoisotopic (exact) mass is 458 g/mol. The van der Waals surface area contributed by atoms with Crippen molar-refractivity contribution in [3.63, 3.8) is 0 Å². The van der Waals surface area contributed by atoms with Crippen LogP contribution in [0.3, 0.4) is 0 Å². The summed E-state index contributed by atoms with van der Waals surface area (Å²) in [7, 11) is 1.22. The maximum Gasteiger partial charge on any atom is 0.360 e. The van der Waals surface area contributed by atoms with Crippen molar-refractivity contribution >= 4 is 35.2 Å². The summed E-state index contributed by atoms with van der Waals surface area (Å²) in [5.41, 5.74) is 5.89. The van der Waals surface area contributed by atoms with Crippen molar-refractivity contribution in [2.24, 2.45) is 0 Å². The van der Waals surface area contributed by atoms with Crippen LogP contribution in [0, 0.1) is 6.92 Å². The van der Waals surface area contributed by atoms with Gasteiger partial charge in [-0.25, -0.2) is 4.79 Å². The Balaban J connectivity index is 1.65. The average Bonchev–Trinajstić information content (AvgIpc) is 3.25. The number of carbonyl (C=O) groups is 3. The number of hydrogen-bond acceptors (Lipinski definition) is 9. The summed E-state index contributed by atoms with van der Waals surface area (Å²) < 4.78 is 16.4. The van der Waals surface area contributed by atoms with E-state index in [1.807, 2.05) is 0 Å². The lowest BCUT2D eigenvalue weighted by Gasteiger charge is -2.14. The van der Waals surface area contributed by atoms with Crippen molar-refractivity contribution in [3.8, 4) is 11.4 Å². The fourth-order valence-electron chi connectivity index (χ4n) is 3.26. The van der Waals surface area contributed by atoms with Crippen LogP contribution in [-0.2, 0) is 11.3 Å². The van der Waals surface area contributed by atoms with E-state index in [2.05, 4.69) is 15.2 Å². The number of aromatic nitrogens is 2. The fraction of sp³-hybridized carbons (Fsp3) is 0.150. The van der Waals surface area contributed by atoms with Gasteiger partial charge in [-0.15, -0.1) is 0 Å². The number of rotatable bonds is 5. The minimum absolute atomic E-state index is 0.0111. The molecule has 1 aliphatic heterocycles. The molecule has 0 radical (unpaired) electrons. The van der Waals surface area contributed by atoms with E-state index in [0.717, 1.165) is 10.6 Å². The molecule has 0 spiro atoms. The smallest absolute Gasteiger partial charge is 0.360 e. The zero-order valence-electron chi connectivity index (χ0n) is 16.7. The highest BCUT2D eigenvalue weighted by Gasteiger charge is 2.32. The number of nitrogen functional groups attached to an aromatic ring is 1. The van der Waals surface area contributed by atoms with E-state index in [0.29, 0.717) is 11.3 Å². The molecule has 2 amide bonds. The molecule has 3 N–H and O–H groups in total. The summed E-state index contributed by atoms with van der Waals surface area (Å²) in [6.45, 7) is 1.54. The Bertz CT molecular complexity index is 1360. The summed E-state index contributed by atoms with van der Waals surface area (Å²) in [5.74, 6) is -1.61. The third-order valence-corrected chi connectivity index (χ3v) is 5.16. The van der Waals surface area contributed by atoms with Crippen LogP contribution in [-0.4, -0.2) is 34.6 Å². The molecule has 4 rings (SSSR count). The summed E-state index contributed by atoms with van der Waals surface area (Å²) >= 11 is 6.32. The predicted octanol–water partition coefficient (Wildman–Crippen LogP) is 1.62. The van der Waals surface area contributed by atoms with Crippen LogP contribution in [0.5, 0.6) is 5.75 Å². The van der Waals surface area contributed by atoms with Gasteiger partial charge in [-0.2, -0.15) is 0 Å². The zero-order chi connectivity index (χ0) is 23.2. The second-order valence-electron chi connectivity index (χ2n) is 6.74. The van der Waals surface area contributed by atoms with Gasteiger partial charge in [0, 0.05) is 6.07 Å². The Kier molecular flexibility index (Phi) is 5.18. The summed E-state index contributed by atoms with van der Waals surface area (Å²) in [6.07, 6.45) is 0. The second-order valence-corrected chi connectivity index (χ2v) is 7.14. The van der Waals surface area contributed by atoms with Crippen LogP contribution in [0.2, 0.25) is 5.02 Å². The van der Waals surface area contributed by atoms with Gasteiger partial charge in [0.1, 0.15) is 23.9 Å². The number of pyridine rings is 1. The number of esters is 1. The van der Waals surface area contributed by atoms with Gasteiger partial charge >= 0.3 is 5.97 Å². The Labute approximate surface area is 184 Å². The van der Waals surface area contributed by atoms with Gasteiger partial charge in [-0.3, -0.25) is 24.3 Å². The highest BCUT2D eigenvalue weighted by molar-refractivity contribution is 6.32. The number of amides is 2. The van der Waals surface area contributed by atoms with Crippen LogP contribution in [0.4, 0.5) is 5.82 Å². The van der Waals surface area contributed by atoms with E-state index in [1.54, 1.807) is 6.92 Å². The van der Waals surface area contributed by atoms with E-state index in [-0.39, 0.29) is 45.7 Å².